The third-order valence-corrected chi connectivity index (χ3v) is 4.28. The van der Waals surface area contributed by atoms with E-state index >= 15 is 0 Å². The Kier molecular flexibility index (Phi) is 5.49. The third-order valence-electron chi connectivity index (χ3n) is 4.28. The van der Waals surface area contributed by atoms with Crippen LogP contribution >= 0.6 is 0 Å². The fraction of sp³-hybridized carbons (Fsp3) is 0.933. The summed E-state index contributed by atoms with van der Waals surface area (Å²) in [5.74, 6) is 1.11. The van der Waals surface area contributed by atoms with Crippen LogP contribution in [0.25, 0.3) is 0 Å². The summed E-state index contributed by atoms with van der Waals surface area (Å²) in [4.78, 5) is 7.21. The van der Waals surface area contributed by atoms with E-state index in [9.17, 15) is 0 Å². The molecule has 1 spiro atoms. The molecule has 1 atom stereocenters. The first-order valence-corrected chi connectivity index (χ1v) is 7.91. The Morgan fingerprint density at radius 3 is 2.89 bits per heavy atom. The van der Waals surface area contributed by atoms with E-state index in [0.717, 1.165) is 45.4 Å². The molecule has 2 aliphatic heterocycles. The number of unbranched alkanes of at least 4 members (excludes halogenated alkanes) is 2. The van der Waals surface area contributed by atoms with Gasteiger partial charge in [-0.2, -0.15) is 0 Å². The van der Waals surface area contributed by atoms with Crippen LogP contribution in [0.1, 0.15) is 46.0 Å². The molecule has 0 aromatic carbocycles. The molecule has 110 valence electrons. The van der Waals surface area contributed by atoms with E-state index in [1.165, 1.54) is 32.1 Å². The van der Waals surface area contributed by atoms with Gasteiger partial charge in [0.2, 0.25) is 0 Å². The summed E-state index contributed by atoms with van der Waals surface area (Å²) < 4.78 is 5.60. The topological polar surface area (TPSA) is 36.9 Å². The second kappa shape index (κ2) is 7.13. The van der Waals surface area contributed by atoms with Crippen molar-refractivity contribution in [2.75, 3.05) is 39.4 Å². The van der Waals surface area contributed by atoms with Crippen molar-refractivity contribution in [3.05, 3.63) is 0 Å². The molecule has 0 aliphatic carbocycles. The van der Waals surface area contributed by atoms with Crippen molar-refractivity contribution in [3.8, 4) is 0 Å². The monoisotopic (exact) mass is 267 g/mol. The van der Waals surface area contributed by atoms with E-state index in [4.69, 9.17) is 9.73 Å². The molecule has 4 nitrogen and oxygen atoms in total. The number of nitrogens with one attached hydrogen (secondary N) is 1. The van der Waals surface area contributed by atoms with Crippen molar-refractivity contribution in [1.82, 2.24) is 10.2 Å². The molecule has 1 unspecified atom stereocenters. The highest BCUT2D eigenvalue weighted by Crippen LogP contribution is 2.38. The van der Waals surface area contributed by atoms with Crippen LogP contribution in [-0.2, 0) is 4.74 Å². The van der Waals surface area contributed by atoms with Crippen LogP contribution < -0.4 is 5.32 Å². The molecule has 0 aromatic rings. The zero-order chi connectivity index (χ0) is 13.6. The summed E-state index contributed by atoms with van der Waals surface area (Å²) in [6.45, 7) is 10.4. The first-order chi connectivity index (χ1) is 9.29. The smallest absolute Gasteiger partial charge is 0.193 e. The zero-order valence-electron chi connectivity index (χ0n) is 12.6. The maximum atomic E-state index is 5.60. The number of ether oxygens (including phenoxy) is 1. The molecular formula is C15H29N3O. The largest absolute Gasteiger partial charge is 0.381 e. The standard InChI is InChI=1S/C15H29N3O/c1-3-5-6-9-17-14(16-4-2)18-10-7-15(12-18)8-11-19-13-15/h3-13H2,1-2H3,(H,16,17). The lowest BCUT2D eigenvalue weighted by atomic mass is 9.87. The SMILES string of the molecule is CCCCCN=C(NCC)N1CCC2(CCOC2)C1. The lowest BCUT2D eigenvalue weighted by Crippen LogP contribution is -2.41. The highest BCUT2D eigenvalue weighted by atomic mass is 16.5. The number of hydrogen-bond donors (Lipinski definition) is 1. The number of aliphatic imine (C=N–C) groups is 1. The predicted molar refractivity (Wildman–Crippen MR) is 79.6 cm³/mol. The van der Waals surface area contributed by atoms with Crippen LogP contribution in [0.2, 0.25) is 0 Å². The molecule has 2 heterocycles. The van der Waals surface area contributed by atoms with Crippen molar-refractivity contribution < 1.29 is 4.74 Å². The second-order valence-electron chi connectivity index (χ2n) is 5.92. The minimum atomic E-state index is 0.416. The van der Waals surface area contributed by atoms with E-state index in [-0.39, 0.29) is 0 Å². The Balaban J connectivity index is 1.88. The van der Waals surface area contributed by atoms with Gasteiger partial charge in [-0.05, 0) is 26.2 Å². The van der Waals surface area contributed by atoms with E-state index in [0.29, 0.717) is 5.41 Å². The maximum Gasteiger partial charge on any atom is 0.193 e. The summed E-state index contributed by atoms with van der Waals surface area (Å²) in [5, 5.41) is 3.44. The number of rotatable bonds is 5. The molecule has 1 N–H and O–H groups in total. The third kappa shape index (κ3) is 3.85. The van der Waals surface area contributed by atoms with Gasteiger partial charge < -0.3 is 15.0 Å². The molecule has 2 rings (SSSR count). The second-order valence-corrected chi connectivity index (χ2v) is 5.92. The number of hydrogen-bond acceptors (Lipinski definition) is 2. The Morgan fingerprint density at radius 2 is 2.21 bits per heavy atom. The van der Waals surface area contributed by atoms with Gasteiger partial charge in [0.05, 0.1) is 6.61 Å². The van der Waals surface area contributed by atoms with Crippen LogP contribution in [0.3, 0.4) is 0 Å². The van der Waals surface area contributed by atoms with Crippen LogP contribution in [0, 0.1) is 5.41 Å². The van der Waals surface area contributed by atoms with Gasteiger partial charge in [-0.15, -0.1) is 0 Å². The Hall–Kier alpha value is -0.770. The van der Waals surface area contributed by atoms with Gasteiger partial charge in [-0.25, -0.2) is 0 Å². The van der Waals surface area contributed by atoms with Gasteiger partial charge in [-0.3, -0.25) is 4.99 Å². The molecule has 0 radical (unpaired) electrons. The van der Waals surface area contributed by atoms with Crippen LogP contribution in [-0.4, -0.2) is 50.3 Å². The minimum Gasteiger partial charge on any atom is -0.381 e. The van der Waals surface area contributed by atoms with Gasteiger partial charge in [0.15, 0.2) is 5.96 Å². The van der Waals surface area contributed by atoms with Crippen molar-refractivity contribution in [1.29, 1.82) is 0 Å². The molecule has 2 fully saturated rings. The predicted octanol–water partition coefficient (Wildman–Crippen LogP) is 2.25. The number of guanidine groups is 1. The average Bonchev–Trinajstić information content (AvgIpc) is 3.04. The lowest BCUT2D eigenvalue weighted by Gasteiger charge is -2.25. The number of nitrogens with zero attached hydrogens (tertiary/aromatic N) is 2. The molecule has 19 heavy (non-hydrogen) atoms. The summed E-state index contributed by atoms with van der Waals surface area (Å²) in [6, 6.07) is 0. The highest BCUT2D eigenvalue weighted by molar-refractivity contribution is 5.80. The Bertz CT molecular complexity index is 298. The molecule has 2 saturated heterocycles. The zero-order valence-corrected chi connectivity index (χ0v) is 12.6. The molecule has 0 aromatic heterocycles. The van der Waals surface area contributed by atoms with Crippen LogP contribution in [0.5, 0.6) is 0 Å². The normalized spacial score (nSPS) is 27.5. The fourth-order valence-corrected chi connectivity index (χ4v) is 3.06. The maximum absolute atomic E-state index is 5.60. The minimum absolute atomic E-state index is 0.416. The molecule has 2 aliphatic rings. The fourth-order valence-electron chi connectivity index (χ4n) is 3.06. The first-order valence-electron chi connectivity index (χ1n) is 7.91. The van der Waals surface area contributed by atoms with Crippen molar-refractivity contribution in [3.63, 3.8) is 0 Å². The molecule has 0 saturated carbocycles. The average molecular weight is 267 g/mol. The van der Waals surface area contributed by atoms with E-state index in [1.54, 1.807) is 0 Å². The van der Waals surface area contributed by atoms with Crippen molar-refractivity contribution in [2.24, 2.45) is 10.4 Å². The molecular weight excluding hydrogens is 238 g/mol. The van der Waals surface area contributed by atoms with Crippen LogP contribution in [0.4, 0.5) is 0 Å². The number of likely N-dealkylation sites (tertiary alicyclic amines) is 1. The van der Waals surface area contributed by atoms with Gasteiger partial charge >= 0.3 is 0 Å². The summed E-state index contributed by atoms with van der Waals surface area (Å²) in [5.41, 5.74) is 0.416. The van der Waals surface area contributed by atoms with Gasteiger partial charge in [-0.1, -0.05) is 19.8 Å². The van der Waals surface area contributed by atoms with Gasteiger partial charge in [0.1, 0.15) is 0 Å². The van der Waals surface area contributed by atoms with Crippen molar-refractivity contribution >= 4 is 5.96 Å². The summed E-state index contributed by atoms with van der Waals surface area (Å²) in [7, 11) is 0. The van der Waals surface area contributed by atoms with E-state index < -0.39 is 0 Å². The molecule has 4 heteroatoms. The van der Waals surface area contributed by atoms with Crippen molar-refractivity contribution in [2.45, 2.75) is 46.0 Å². The van der Waals surface area contributed by atoms with Crippen LogP contribution in [0.15, 0.2) is 4.99 Å². The first kappa shape index (κ1) is 14.6. The highest BCUT2D eigenvalue weighted by Gasteiger charge is 2.42. The quantitative estimate of drug-likeness (QED) is 0.471. The van der Waals surface area contributed by atoms with Gasteiger partial charge in [0.25, 0.3) is 0 Å². The van der Waals surface area contributed by atoms with E-state index in [2.05, 4.69) is 24.1 Å². The summed E-state index contributed by atoms with van der Waals surface area (Å²) >= 11 is 0. The lowest BCUT2D eigenvalue weighted by molar-refractivity contribution is 0.156. The Morgan fingerprint density at radius 1 is 1.32 bits per heavy atom. The molecule has 0 amide bonds. The van der Waals surface area contributed by atoms with E-state index in [1.807, 2.05) is 0 Å². The Labute approximate surface area is 117 Å². The van der Waals surface area contributed by atoms with Gasteiger partial charge in [0, 0.05) is 38.2 Å². The molecule has 0 bridgehead atoms. The summed E-state index contributed by atoms with van der Waals surface area (Å²) in [6.07, 6.45) is 6.22.